The molecule has 2 aromatic carbocycles. The van der Waals surface area contributed by atoms with Gasteiger partial charge in [-0.15, -0.1) is 0 Å². The van der Waals surface area contributed by atoms with Gasteiger partial charge in [0.15, 0.2) is 0 Å². The Labute approximate surface area is 219 Å². The van der Waals surface area contributed by atoms with E-state index in [0.717, 1.165) is 43.1 Å². The molecule has 11 heteroatoms. The number of nitrogens with zero attached hydrogens (tertiary/aromatic N) is 3. The lowest BCUT2D eigenvalue weighted by atomic mass is 9.86. The molecule has 6 nitrogen and oxygen atoms in total. The fraction of sp³-hybridized carbons (Fsp3) is 0.346. The number of rotatable bonds is 5. The normalized spacial score (nSPS) is 20.0. The summed E-state index contributed by atoms with van der Waals surface area (Å²) in [5.41, 5.74) is 6.32. The largest absolute Gasteiger partial charge is 0.493 e. The smallest absolute Gasteiger partial charge is 0.416 e. The maximum absolute atomic E-state index is 13.9. The number of halogens is 4. The van der Waals surface area contributed by atoms with Crippen molar-refractivity contribution in [2.45, 2.75) is 50.9 Å². The standard InChI is InChI=1S/C26H24ClF3N4O2S/c27-18-6-4-16(21(11-18)26(28,29)30)10-20(15-5-7-22-17(9-15)12-32-33-22)23-24(35)34(25(36)37-23)13-14-2-1-3-19(31)8-14/h4-7,9,11-12,14,19,35H,1-3,8,10,13,31H2/t14-,19-/m1/s1. The molecule has 0 bridgehead atoms. The van der Waals surface area contributed by atoms with Crippen molar-refractivity contribution in [2.24, 2.45) is 21.9 Å². The van der Waals surface area contributed by atoms with E-state index in [2.05, 4.69) is 10.2 Å². The number of hydrogen-bond acceptors (Lipinski definition) is 6. The van der Waals surface area contributed by atoms with E-state index >= 15 is 0 Å². The molecule has 37 heavy (non-hydrogen) atoms. The second-order valence-electron chi connectivity index (χ2n) is 9.50. The van der Waals surface area contributed by atoms with E-state index in [9.17, 15) is 23.1 Å². The molecule has 2 aliphatic rings. The first-order valence-electron chi connectivity index (χ1n) is 11.9. The van der Waals surface area contributed by atoms with Crippen LogP contribution in [0.15, 0.2) is 51.4 Å². The van der Waals surface area contributed by atoms with Crippen molar-refractivity contribution in [2.75, 3.05) is 0 Å². The number of aromatic nitrogens is 1. The lowest BCUT2D eigenvalue weighted by Gasteiger charge is -2.26. The third-order valence-electron chi connectivity index (χ3n) is 6.89. The van der Waals surface area contributed by atoms with Gasteiger partial charge in [-0.3, -0.25) is 9.36 Å². The Bertz CT molecular complexity index is 1560. The molecule has 0 saturated heterocycles. The van der Waals surface area contributed by atoms with E-state index in [1.54, 1.807) is 24.4 Å². The van der Waals surface area contributed by atoms with Crippen LogP contribution >= 0.6 is 22.9 Å². The molecule has 1 saturated carbocycles. The van der Waals surface area contributed by atoms with Crippen LogP contribution in [0, 0.1) is 5.92 Å². The van der Waals surface area contributed by atoms with Gasteiger partial charge in [-0.1, -0.05) is 41.5 Å². The third-order valence-corrected chi connectivity index (χ3v) is 8.15. The quantitative estimate of drug-likeness (QED) is 0.500. The molecule has 0 radical (unpaired) electrons. The molecule has 194 valence electrons. The van der Waals surface area contributed by atoms with Crippen LogP contribution in [0.1, 0.15) is 47.3 Å². The topological polar surface area (TPSA) is 93.0 Å². The lowest BCUT2D eigenvalue weighted by Crippen LogP contribution is -2.31. The summed E-state index contributed by atoms with van der Waals surface area (Å²) < 4.78 is 43.0. The second kappa shape index (κ2) is 10.1. The monoisotopic (exact) mass is 548 g/mol. The van der Waals surface area contributed by atoms with E-state index in [0.29, 0.717) is 28.3 Å². The predicted octanol–water partition coefficient (Wildman–Crippen LogP) is 4.21. The van der Waals surface area contributed by atoms with Crippen LogP contribution in [0.2, 0.25) is 5.02 Å². The van der Waals surface area contributed by atoms with Gasteiger partial charge in [0.1, 0.15) is 0 Å². The van der Waals surface area contributed by atoms with Crippen molar-refractivity contribution in [3.05, 3.63) is 83.2 Å². The Kier molecular flexibility index (Phi) is 6.99. The molecule has 1 fully saturated rings. The summed E-state index contributed by atoms with van der Waals surface area (Å²) in [5.74, 6) is -0.102. The first kappa shape index (κ1) is 25.7. The first-order chi connectivity index (χ1) is 17.6. The van der Waals surface area contributed by atoms with Crippen molar-refractivity contribution in [3.8, 4) is 5.88 Å². The number of hydrogen-bond donors (Lipinski definition) is 2. The van der Waals surface area contributed by atoms with Crippen LogP contribution in [-0.4, -0.2) is 21.9 Å². The summed E-state index contributed by atoms with van der Waals surface area (Å²) in [7, 11) is 0. The van der Waals surface area contributed by atoms with Gasteiger partial charge in [0.25, 0.3) is 0 Å². The van der Waals surface area contributed by atoms with Crippen LogP contribution < -0.4 is 21.2 Å². The van der Waals surface area contributed by atoms with Gasteiger partial charge in [0, 0.05) is 29.6 Å². The minimum Gasteiger partial charge on any atom is -0.493 e. The number of aromatic hydroxyl groups is 1. The number of benzene rings is 2. The Balaban J connectivity index is 1.65. The molecule has 1 aromatic heterocycles. The van der Waals surface area contributed by atoms with Crippen LogP contribution in [0.4, 0.5) is 13.2 Å². The van der Waals surface area contributed by atoms with E-state index in [1.807, 2.05) is 0 Å². The Hall–Kier alpha value is -2.95. The molecule has 3 N–H and O–H groups in total. The molecule has 2 atom stereocenters. The summed E-state index contributed by atoms with van der Waals surface area (Å²) in [6.07, 6.45) is 0.279. The molecular weight excluding hydrogens is 525 g/mol. The predicted molar refractivity (Wildman–Crippen MR) is 138 cm³/mol. The zero-order chi connectivity index (χ0) is 26.3. The number of fused-ring (bicyclic) bond motifs is 1. The summed E-state index contributed by atoms with van der Waals surface area (Å²) in [5, 5.41) is 20.3. The minimum absolute atomic E-state index is 0.0178. The maximum Gasteiger partial charge on any atom is 0.416 e. The SMILES string of the molecule is N[C@@H]1CCC[C@@H](Cn2c(O)c(C(Cc3ccc(Cl)cc3C(F)(F)F)=c3ccc4c(c3)C=NN=4)sc2=O)C1. The van der Waals surface area contributed by atoms with Crippen LogP contribution in [0.5, 0.6) is 5.88 Å². The van der Waals surface area contributed by atoms with Gasteiger partial charge in [-0.25, -0.2) is 0 Å². The van der Waals surface area contributed by atoms with Gasteiger partial charge in [-0.05, 0) is 65.8 Å². The highest BCUT2D eigenvalue weighted by atomic mass is 35.5. The molecule has 1 aliphatic carbocycles. The van der Waals surface area contributed by atoms with Crippen molar-refractivity contribution < 1.29 is 18.3 Å². The van der Waals surface area contributed by atoms with Gasteiger partial charge >= 0.3 is 11.0 Å². The van der Waals surface area contributed by atoms with E-state index in [1.165, 1.54) is 16.7 Å². The summed E-state index contributed by atoms with van der Waals surface area (Å²) in [6.45, 7) is 0.312. The first-order valence-corrected chi connectivity index (χ1v) is 13.1. The van der Waals surface area contributed by atoms with Crippen molar-refractivity contribution in [1.82, 2.24) is 4.57 Å². The van der Waals surface area contributed by atoms with Crippen molar-refractivity contribution >= 4 is 34.7 Å². The fourth-order valence-electron chi connectivity index (χ4n) is 5.07. The van der Waals surface area contributed by atoms with Crippen LogP contribution in [-0.2, 0) is 19.1 Å². The molecule has 0 spiro atoms. The Morgan fingerprint density at radius 2 is 2.03 bits per heavy atom. The molecule has 2 heterocycles. The van der Waals surface area contributed by atoms with E-state index < -0.39 is 11.7 Å². The summed E-state index contributed by atoms with van der Waals surface area (Å²) >= 11 is 6.71. The molecule has 5 rings (SSSR count). The van der Waals surface area contributed by atoms with Gasteiger partial charge < -0.3 is 10.8 Å². The Morgan fingerprint density at radius 1 is 1.22 bits per heavy atom. The fourth-order valence-corrected chi connectivity index (χ4v) is 6.20. The molecule has 0 amide bonds. The lowest BCUT2D eigenvalue weighted by molar-refractivity contribution is -0.138. The van der Waals surface area contributed by atoms with Crippen molar-refractivity contribution in [3.63, 3.8) is 0 Å². The van der Waals surface area contributed by atoms with E-state index in [-0.39, 0.29) is 44.6 Å². The van der Waals surface area contributed by atoms with Crippen LogP contribution in [0.25, 0.3) is 5.57 Å². The van der Waals surface area contributed by atoms with Gasteiger partial charge in [0.2, 0.25) is 5.88 Å². The molecular formula is C26H24ClF3N4O2S. The summed E-state index contributed by atoms with van der Waals surface area (Å²) in [6, 6.07) is 8.85. The highest BCUT2D eigenvalue weighted by Gasteiger charge is 2.34. The summed E-state index contributed by atoms with van der Waals surface area (Å²) in [4.78, 5) is 12.9. The highest BCUT2D eigenvalue weighted by Crippen LogP contribution is 2.37. The van der Waals surface area contributed by atoms with Crippen LogP contribution in [0.3, 0.4) is 0 Å². The van der Waals surface area contributed by atoms with Gasteiger partial charge in [0.05, 0.1) is 22.0 Å². The second-order valence-corrected chi connectivity index (χ2v) is 10.9. The van der Waals surface area contributed by atoms with E-state index in [4.69, 9.17) is 17.3 Å². The number of thiazole rings is 1. The van der Waals surface area contributed by atoms with Crippen molar-refractivity contribution in [1.29, 1.82) is 0 Å². The maximum atomic E-state index is 13.9. The Morgan fingerprint density at radius 3 is 2.78 bits per heavy atom. The molecule has 3 aromatic rings. The zero-order valence-electron chi connectivity index (χ0n) is 19.6. The molecule has 1 aliphatic heterocycles. The average molecular weight is 549 g/mol. The highest BCUT2D eigenvalue weighted by molar-refractivity contribution is 7.10. The minimum atomic E-state index is -4.63. The third kappa shape index (κ3) is 5.37. The number of alkyl halides is 3. The zero-order valence-corrected chi connectivity index (χ0v) is 21.2. The molecule has 0 unspecified atom stereocenters. The number of nitrogens with two attached hydrogens (primary N) is 1. The average Bonchev–Trinajstić information content (AvgIpc) is 3.42. The van der Waals surface area contributed by atoms with Gasteiger partial charge in [-0.2, -0.15) is 23.4 Å².